The van der Waals surface area contributed by atoms with Gasteiger partial charge in [0.1, 0.15) is 12.3 Å². The SMILES string of the molecule is COc1ccc(-n2cc(-c3ccc(Cl)cc3)nc2NC(=O)CN(C(C)=O)C2CC2)cc1. The number of ether oxygens (including phenoxy) is 1. The highest BCUT2D eigenvalue weighted by molar-refractivity contribution is 6.30. The van der Waals surface area contributed by atoms with Crippen LogP contribution in [0.3, 0.4) is 0 Å². The van der Waals surface area contributed by atoms with Crippen LogP contribution in [0.2, 0.25) is 5.02 Å². The van der Waals surface area contributed by atoms with E-state index in [2.05, 4.69) is 10.3 Å². The number of halogens is 1. The summed E-state index contributed by atoms with van der Waals surface area (Å²) in [6.07, 6.45) is 3.73. The van der Waals surface area contributed by atoms with Crippen molar-refractivity contribution in [3.8, 4) is 22.7 Å². The molecule has 1 heterocycles. The van der Waals surface area contributed by atoms with E-state index in [1.165, 1.54) is 6.92 Å². The molecule has 31 heavy (non-hydrogen) atoms. The summed E-state index contributed by atoms with van der Waals surface area (Å²) < 4.78 is 7.04. The minimum absolute atomic E-state index is 0.00571. The van der Waals surface area contributed by atoms with Crippen LogP contribution in [0.5, 0.6) is 5.75 Å². The highest BCUT2D eigenvalue weighted by Crippen LogP contribution is 2.28. The van der Waals surface area contributed by atoms with Crippen molar-refractivity contribution in [3.05, 3.63) is 59.8 Å². The number of aromatic nitrogens is 2. The third-order valence-corrected chi connectivity index (χ3v) is 5.41. The number of nitrogens with zero attached hydrogens (tertiary/aromatic N) is 3. The Morgan fingerprint density at radius 1 is 1.16 bits per heavy atom. The van der Waals surface area contributed by atoms with Crippen molar-refractivity contribution >= 4 is 29.4 Å². The van der Waals surface area contributed by atoms with Gasteiger partial charge in [0, 0.05) is 35.4 Å². The van der Waals surface area contributed by atoms with Gasteiger partial charge in [0.25, 0.3) is 0 Å². The van der Waals surface area contributed by atoms with Crippen LogP contribution in [0.25, 0.3) is 16.9 Å². The standard InChI is InChI=1S/C23H23ClN4O3/c1-15(29)27(18-7-8-18)14-22(30)26-23-25-21(16-3-5-17(24)6-4-16)13-28(23)19-9-11-20(31-2)12-10-19/h3-6,9-13,18H,7-8,14H2,1-2H3,(H,25,26,30). The van der Waals surface area contributed by atoms with E-state index >= 15 is 0 Å². The van der Waals surface area contributed by atoms with Gasteiger partial charge in [-0.15, -0.1) is 0 Å². The van der Waals surface area contributed by atoms with Crippen LogP contribution in [0.1, 0.15) is 19.8 Å². The van der Waals surface area contributed by atoms with Crippen molar-refractivity contribution in [1.29, 1.82) is 0 Å². The Bertz CT molecular complexity index is 1090. The molecule has 0 aliphatic heterocycles. The molecule has 7 nitrogen and oxygen atoms in total. The van der Waals surface area contributed by atoms with Gasteiger partial charge in [0.15, 0.2) is 0 Å². The third kappa shape index (κ3) is 4.88. The summed E-state index contributed by atoms with van der Waals surface area (Å²) >= 11 is 6.01. The second kappa shape index (κ2) is 8.81. The molecule has 0 saturated heterocycles. The molecular weight excluding hydrogens is 416 g/mol. The van der Waals surface area contributed by atoms with Crippen LogP contribution >= 0.6 is 11.6 Å². The molecule has 160 valence electrons. The number of carbonyl (C=O) groups is 2. The fraction of sp³-hybridized carbons (Fsp3) is 0.261. The Morgan fingerprint density at radius 3 is 2.42 bits per heavy atom. The van der Waals surface area contributed by atoms with Crippen molar-refractivity contribution in [2.75, 3.05) is 19.0 Å². The summed E-state index contributed by atoms with van der Waals surface area (Å²) in [5.41, 5.74) is 2.37. The van der Waals surface area contributed by atoms with Crippen LogP contribution in [-0.2, 0) is 9.59 Å². The van der Waals surface area contributed by atoms with Crippen LogP contribution in [0.4, 0.5) is 5.95 Å². The summed E-state index contributed by atoms with van der Waals surface area (Å²) in [4.78, 5) is 30.9. The zero-order valence-corrected chi connectivity index (χ0v) is 18.1. The van der Waals surface area contributed by atoms with Crippen molar-refractivity contribution in [3.63, 3.8) is 0 Å². The molecule has 2 aromatic carbocycles. The first kappa shape index (κ1) is 20.9. The molecule has 2 amide bonds. The second-order valence-electron chi connectivity index (χ2n) is 7.45. The number of benzene rings is 2. The highest BCUT2D eigenvalue weighted by Gasteiger charge is 2.32. The highest BCUT2D eigenvalue weighted by atomic mass is 35.5. The lowest BCUT2D eigenvalue weighted by Crippen LogP contribution is -2.38. The average Bonchev–Trinajstić information content (AvgIpc) is 3.52. The minimum atomic E-state index is -0.287. The molecule has 0 radical (unpaired) electrons. The van der Waals surface area contributed by atoms with Gasteiger partial charge in [-0.05, 0) is 49.2 Å². The van der Waals surface area contributed by atoms with Crippen LogP contribution < -0.4 is 10.1 Å². The maximum atomic E-state index is 12.7. The maximum absolute atomic E-state index is 12.7. The predicted octanol–water partition coefficient (Wildman–Crippen LogP) is 4.15. The number of imidazole rings is 1. The quantitative estimate of drug-likeness (QED) is 0.601. The normalized spacial score (nSPS) is 13.0. The molecule has 0 spiro atoms. The van der Waals surface area contributed by atoms with E-state index in [1.807, 2.05) is 42.6 Å². The Hall–Kier alpha value is -3.32. The number of hydrogen-bond acceptors (Lipinski definition) is 4. The van der Waals surface area contributed by atoms with Crippen LogP contribution in [-0.4, -0.2) is 46.0 Å². The van der Waals surface area contributed by atoms with E-state index < -0.39 is 0 Å². The summed E-state index contributed by atoms with van der Waals surface area (Å²) in [7, 11) is 1.61. The molecule has 1 aromatic heterocycles. The third-order valence-electron chi connectivity index (χ3n) is 5.15. The number of nitrogens with one attached hydrogen (secondary N) is 1. The first-order valence-electron chi connectivity index (χ1n) is 10.0. The van der Waals surface area contributed by atoms with E-state index in [9.17, 15) is 9.59 Å². The molecule has 1 aliphatic rings. The largest absolute Gasteiger partial charge is 0.497 e. The van der Waals surface area contributed by atoms with Gasteiger partial charge in [0.2, 0.25) is 17.8 Å². The lowest BCUT2D eigenvalue weighted by Gasteiger charge is -2.19. The summed E-state index contributed by atoms with van der Waals surface area (Å²) in [6.45, 7) is 1.49. The number of amides is 2. The molecule has 1 aliphatic carbocycles. The fourth-order valence-electron chi connectivity index (χ4n) is 3.37. The Morgan fingerprint density at radius 2 is 1.84 bits per heavy atom. The number of methoxy groups -OCH3 is 1. The second-order valence-corrected chi connectivity index (χ2v) is 7.89. The summed E-state index contributed by atoms with van der Waals surface area (Å²) in [5, 5.41) is 3.50. The Labute approximate surface area is 185 Å². The van der Waals surface area contributed by atoms with Crippen molar-refractivity contribution < 1.29 is 14.3 Å². The molecule has 0 atom stereocenters. The van der Waals surface area contributed by atoms with Crippen molar-refractivity contribution in [2.24, 2.45) is 0 Å². The lowest BCUT2D eigenvalue weighted by molar-refractivity contribution is -0.133. The minimum Gasteiger partial charge on any atom is -0.497 e. The van der Waals surface area contributed by atoms with Gasteiger partial charge in [-0.3, -0.25) is 19.5 Å². The van der Waals surface area contributed by atoms with Gasteiger partial charge in [0.05, 0.1) is 12.8 Å². The number of hydrogen-bond donors (Lipinski definition) is 1. The maximum Gasteiger partial charge on any atom is 0.246 e. The van der Waals surface area contributed by atoms with Crippen molar-refractivity contribution in [2.45, 2.75) is 25.8 Å². The van der Waals surface area contributed by atoms with E-state index in [4.69, 9.17) is 16.3 Å². The van der Waals surface area contributed by atoms with E-state index in [-0.39, 0.29) is 24.4 Å². The first-order valence-corrected chi connectivity index (χ1v) is 10.4. The smallest absolute Gasteiger partial charge is 0.246 e. The Kier molecular flexibility index (Phi) is 5.95. The molecule has 0 bridgehead atoms. The topological polar surface area (TPSA) is 76.5 Å². The molecule has 1 N–H and O–H groups in total. The van der Waals surface area contributed by atoms with Gasteiger partial charge >= 0.3 is 0 Å². The number of rotatable bonds is 7. The lowest BCUT2D eigenvalue weighted by atomic mass is 10.2. The average molecular weight is 439 g/mol. The van der Waals surface area contributed by atoms with Crippen molar-refractivity contribution in [1.82, 2.24) is 14.5 Å². The summed E-state index contributed by atoms with van der Waals surface area (Å²) in [6, 6.07) is 14.9. The van der Waals surface area contributed by atoms with Gasteiger partial charge in [-0.25, -0.2) is 4.98 Å². The summed E-state index contributed by atoms with van der Waals surface area (Å²) in [5.74, 6) is 0.719. The Balaban J connectivity index is 1.64. The van der Waals surface area contributed by atoms with E-state index in [1.54, 1.807) is 28.7 Å². The molecule has 4 rings (SSSR count). The van der Waals surface area contributed by atoms with Crippen LogP contribution in [0.15, 0.2) is 54.7 Å². The van der Waals surface area contributed by atoms with E-state index in [0.717, 1.165) is 29.8 Å². The zero-order chi connectivity index (χ0) is 22.0. The van der Waals surface area contributed by atoms with Gasteiger partial charge in [-0.2, -0.15) is 0 Å². The van der Waals surface area contributed by atoms with Gasteiger partial charge in [-0.1, -0.05) is 23.7 Å². The molecule has 1 fully saturated rings. The first-order chi connectivity index (χ1) is 14.9. The van der Waals surface area contributed by atoms with Gasteiger partial charge < -0.3 is 9.64 Å². The molecule has 8 heteroatoms. The molecule has 3 aromatic rings. The molecule has 0 unspecified atom stereocenters. The fourth-order valence-corrected chi connectivity index (χ4v) is 3.50. The molecule has 1 saturated carbocycles. The monoisotopic (exact) mass is 438 g/mol. The van der Waals surface area contributed by atoms with Crippen LogP contribution in [0, 0.1) is 0 Å². The number of anilines is 1. The molecular formula is C23H23ClN4O3. The number of carbonyl (C=O) groups excluding carboxylic acids is 2. The predicted molar refractivity (Wildman–Crippen MR) is 120 cm³/mol. The van der Waals surface area contributed by atoms with E-state index in [0.29, 0.717) is 16.7 Å². The zero-order valence-electron chi connectivity index (χ0n) is 17.3.